The monoisotopic (exact) mass is 306 g/mol. The van der Waals surface area contributed by atoms with Crippen LogP contribution in [0.3, 0.4) is 0 Å². The van der Waals surface area contributed by atoms with Crippen molar-refractivity contribution >= 4 is 0 Å². The summed E-state index contributed by atoms with van der Waals surface area (Å²) in [6, 6.07) is 0. The average Bonchev–Trinajstić information content (AvgIpc) is 2.36. The van der Waals surface area contributed by atoms with E-state index in [0.717, 1.165) is 32.4 Å². The molecule has 0 aromatic rings. The Morgan fingerprint density at radius 2 is 1.76 bits per heavy atom. The fourth-order valence-electron chi connectivity index (χ4n) is 2.45. The molecular formula is C16H29F3N2. The topological polar surface area (TPSA) is 15.3 Å². The fraction of sp³-hybridized carbons (Fsp3) is 0.875. The minimum atomic E-state index is -4.13. The van der Waals surface area contributed by atoms with Crippen molar-refractivity contribution in [2.24, 2.45) is 0 Å². The van der Waals surface area contributed by atoms with E-state index in [4.69, 9.17) is 0 Å². The second-order valence-electron chi connectivity index (χ2n) is 6.87. The summed E-state index contributed by atoms with van der Waals surface area (Å²) in [6.07, 6.45) is 1.92. The van der Waals surface area contributed by atoms with Crippen LogP contribution in [0.1, 0.15) is 52.9 Å². The van der Waals surface area contributed by atoms with Crippen molar-refractivity contribution < 1.29 is 13.2 Å². The van der Waals surface area contributed by atoms with Gasteiger partial charge in [-0.2, -0.15) is 13.2 Å². The van der Waals surface area contributed by atoms with E-state index in [1.54, 1.807) is 0 Å². The van der Waals surface area contributed by atoms with Gasteiger partial charge in [0.1, 0.15) is 0 Å². The summed E-state index contributed by atoms with van der Waals surface area (Å²) < 4.78 is 37.5. The van der Waals surface area contributed by atoms with E-state index in [-0.39, 0.29) is 17.5 Å². The van der Waals surface area contributed by atoms with Crippen molar-refractivity contribution in [3.8, 4) is 0 Å². The van der Waals surface area contributed by atoms with Crippen LogP contribution in [0, 0.1) is 0 Å². The number of alkyl halides is 3. The summed E-state index contributed by atoms with van der Waals surface area (Å²) in [6.45, 7) is 9.40. The highest BCUT2D eigenvalue weighted by Crippen LogP contribution is 2.30. The van der Waals surface area contributed by atoms with E-state index in [1.165, 1.54) is 12.5 Å². The quantitative estimate of drug-likeness (QED) is 0.562. The molecule has 2 nitrogen and oxygen atoms in total. The van der Waals surface area contributed by atoms with Crippen molar-refractivity contribution in [1.82, 2.24) is 10.2 Å². The maximum absolute atomic E-state index is 12.5. The van der Waals surface area contributed by atoms with Crippen molar-refractivity contribution in [2.45, 2.75) is 64.6 Å². The third-order valence-corrected chi connectivity index (χ3v) is 3.71. The third-order valence-electron chi connectivity index (χ3n) is 3.71. The zero-order chi connectivity index (χ0) is 15.9. The Balaban J connectivity index is 2.04. The van der Waals surface area contributed by atoms with E-state index in [1.807, 2.05) is 0 Å². The number of hydrogen-bond donors (Lipinski definition) is 1. The van der Waals surface area contributed by atoms with Gasteiger partial charge in [0.25, 0.3) is 0 Å². The zero-order valence-corrected chi connectivity index (χ0v) is 13.5. The molecule has 0 unspecified atom stereocenters. The van der Waals surface area contributed by atoms with Crippen molar-refractivity contribution in [3.63, 3.8) is 0 Å². The smallest absolute Gasteiger partial charge is 0.312 e. The van der Waals surface area contributed by atoms with Gasteiger partial charge in [0.15, 0.2) is 0 Å². The first-order chi connectivity index (χ1) is 9.68. The number of halogens is 3. The molecule has 0 aromatic heterocycles. The fourth-order valence-corrected chi connectivity index (χ4v) is 2.45. The molecule has 1 heterocycles. The van der Waals surface area contributed by atoms with Crippen LogP contribution in [-0.4, -0.2) is 42.8 Å². The molecule has 0 aliphatic carbocycles. The summed E-state index contributed by atoms with van der Waals surface area (Å²) in [5.41, 5.74) is -0.178. The van der Waals surface area contributed by atoms with Crippen LogP contribution >= 0.6 is 0 Å². The third kappa shape index (κ3) is 8.47. The minimum Gasteiger partial charge on any atom is -0.312 e. The summed E-state index contributed by atoms with van der Waals surface area (Å²) in [5.74, 6) is 0. The summed E-state index contributed by atoms with van der Waals surface area (Å²) in [5, 5.41) is 3.46. The Kier molecular flexibility index (Phi) is 7.21. The molecule has 1 rings (SSSR count). The molecule has 0 spiro atoms. The SMILES string of the molecule is CC(C)(C)NCCCCCCN1CC=C(C(F)(F)F)CC1. The van der Waals surface area contributed by atoms with E-state index >= 15 is 0 Å². The van der Waals surface area contributed by atoms with Gasteiger partial charge in [-0.25, -0.2) is 0 Å². The van der Waals surface area contributed by atoms with Gasteiger partial charge in [0, 0.05) is 24.2 Å². The predicted octanol–water partition coefficient (Wildman–Crippen LogP) is 4.13. The highest BCUT2D eigenvalue weighted by Gasteiger charge is 2.34. The summed E-state index contributed by atoms with van der Waals surface area (Å²) >= 11 is 0. The number of rotatable bonds is 7. The molecule has 0 bridgehead atoms. The van der Waals surface area contributed by atoms with Crippen LogP contribution in [0.5, 0.6) is 0 Å². The normalized spacial score (nSPS) is 17.9. The number of nitrogens with zero attached hydrogens (tertiary/aromatic N) is 1. The van der Waals surface area contributed by atoms with Gasteiger partial charge < -0.3 is 5.32 Å². The van der Waals surface area contributed by atoms with E-state index in [9.17, 15) is 13.2 Å². The molecule has 0 atom stereocenters. The van der Waals surface area contributed by atoms with Crippen molar-refractivity contribution in [1.29, 1.82) is 0 Å². The van der Waals surface area contributed by atoms with Gasteiger partial charge in [0.05, 0.1) is 0 Å². The molecule has 0 radical (unpaired) electrons. The molecule has 0 saturated carbocycles. The van der Waals surface area contributed by atoms with Crippen LogP contribution in [0.25, 0.3) is 0 Å². The lowest BCUT2D eigenvalue weighted by Gasteiger charge is -2.27. The van der Waals surface area contributed by atoms with Gasteiger partial charge in [-0.15, -0.1) is 0 Å². The van der Waals surface area contributed by atoms with Crippen molar-refractivity contribution in [2.75, 3.05) is 26.2 Å². The summed E-state index contributed by atoms with van der Waals surface area (Å²) in [7, 11) is 0. The van der Waals surface area contributed by atoms with E-state index < -0.39 is 6.18 Å². The molecule has 0 saturated heterocycles. The number of unbranched alkanes of at least 4 members (excludes halogenated alkanes) is 3. The Morgan fingerprint density at radius 1 is 1.10 bits per heavy atom. The van der Waals surface area contributed by atoms with Crippen LogP contribution in [0.2, 0.25) is 0 Å². The first-order valence-corrected chi connectivity index (χ1v) is 7.92. The van der Waals surface area contributed by atoms with Gasteiger partial charge in [0.2, 0.25) is 0 Å². The van der Waals surface area contributed by atoms with Crippen molar-refractivity contribution in [3.05, 3.63) is 11.6 Å². The second kappa shape index (κ2) is 8.18. The molecule has 0 aromatic carbocycles. The summed E-state index contributed by atoms with van der Waals surface area (Å²) in [4.78, 5) is 2.11. The van der Waals surface area contributed by atoms with Crippen LogP contribution in [0.15, 0.2) is 11.6 Å². The molecule has 1 N–H and O–H groups in total. The zero-order valence-electron chi connectivity index (χ0n) is 13.5. The molecule has 21 heavy (non-hydrogen) atoms. The predicted molar refractivity (Wildman–Crippen MR) is 81.4 cm³/mol. The maximum Gasteiger partial charge on any atom is 0.412 e. The average molecular weight is 306 g/mol. The van der Waals surface area contributed by atoms with Gasteiger partial charge >= 0.3 is 6.18 Å². The van der Waals surface area contributed by atoms with Gasteiger partial charge in [-0.05, 0) is 53.1 Å². The standard InChI is InChI=1S/C16H29F3N2/c1-15(2,3)20-10-6-4-5-7-11-21-12-8-14(9-13-21)16(17,18)19/h8,20H,4-7,9-13H2,1-3H3. The van der Waals surface area contributed by atoms with Crippen LogP contribution in [0.4, 0.5) is 13.2 Å². The molecule has 0 amide bonds. The highest BCUT2D eigenvalue weighted by atomic mass is 19.4. The molecule has 1 aliphatic heterocycles. The molecular weight excluding hydrogens is 277 g/mol. The first kappa shape index (κ1) is 18.5. The highest BCUT2D eigenvalue weighted by molar-refractivity contribution is 5.12. The Morgan fingerprint density at radius 3 is 2.29 bits per heavy atom. The van der Waals surface area contributed by atoms with E-state index in [0.29, 0.717) is 13.1 Å². The Bertz CT molecular complexity index is 329. The van der Waals surface area contributed by atoms with Gasteiger partial charge in [-0.3, -0.25) is 4.90 Å². The number of nitrogens with one attached hydrogen (secondary N) is 1. The second-order valence-corrected chi connectivity index (χ2v) is 6.87. The largest absolute Gasteiger partial charge is 0.412 e. The lowest BCUT2D eigenvalue weighted by Crippen LogP contribution is -2.36. The lowest BCUT2D eigenvalue weighted by atomic mass is 10.1. The first-order valence-electron chi connectivity index (χ1n) is 7.92. The Hall–Kier alpha value is -0.550. The maximum atomic E-state index is 12.5. The molecule has 5 heteroatoms. The lowest BCUT2D eigenvalue weighted by molar-refractivity contribution is -0.0960. The molecule has 1 aliphatic rings. The molecule has 0 fully saturated rings. The number of hydrogen-bond acceptors (Lipinski definition) is 2. The van der Waals surface area contributed by atoms with E-state index in [2.05, 4.69) is 31.0 Å². The van der Waals surface area contributed by atoms with Crippen LogP contribution in [-0.2, 0) is 0 Å². The van der Waals surface area contributed by atoms with Crippen LogP contribution < -0.4 is 5.32 Å². The Labute approximate surface area is 126 Å². The minimum absolute atomic E-state index is 0.138. The van der Waals surface area contributed by atoms with Gasteiger partial charge in [-0.1, -0.05) is 18.9 Å². The molecule has 124 valence electrons.